The summed E-state index contributed by atoms with van der Waals surface area (Å²) < 4.78 is 4.73. The molecule has 0 bridgehead atoms. The number of hydrogen-bond donors (Lipinski definition) is 0. The first kappa shape index (κ1) is 28.2. The van der Waals surface area contributed by atoms with E-state index in [-0.39, 0.29) is 0 Å². The fraction of sp³-hybridized carbons (Fsp3) is 0. The highest BCUT2D eigenvalue weighted by molar-refractivity contribution is 6.10. The zero-order chi connectivity index (χ0) is 33.0. The zero-order valence-electron chi connectivity index (χ0n) is 27.0. The van der Waals surface area contributed by atoms with Crippen LogP contribution in [0.3, 0.4) is 0 Å². The normalized spacial score (nSPS) is 11.6. The van der Waals surface area contributed by atoms with Crippen molar-refractivity contribution in [3.05, 3.63) is 176 Å². The van der Waals surface area contributed by atoms with Crippen LogP contribution in [0.1, 0.15) is 0 Å². The van der Waals surface area contributed by atoms with Crippen LogP contribution in [-0.2, 0) is 0 Å². The molecule has 0 saturated heterocycles. The van der Waals surface area contributed by atoms with Crippen LogP contribution in [0.15, 0.2) is 176 Å². The molecule has 10 aromatic rings. The van der Waals surface area contributed by atoms with Crippen molar-refractivity contribution in [2.75, 3.05) is 0 Å². The van der Waals surface area contributed by atoms with Gasteiger partial charge in [-0.25, -0.2) is 15.0 Å². The number of aromatic nitrogens is 5. The summed E-state index contributed by atoms with van der Waals surface area (Å²) in [5.74, 6) is 1.88. The summed E-state index contributed by atoms with van der Waals surface area (Å²) in [7, 11) is 0. The van der Waals surface area contributed by atoms with Gasteiger partial charge < -0.3 is 9.13 Å². The van der Waals surface area contributed by atoms with Crippen LogP contribution in [0.2, 0.25) is 0 Å². The molecule has 10 rings (SSSR count). The number of benzene rings is 7. The van der Waals surface area contributed by atoms with Crippen LogP contribution >= 0.6 is 0 Å². The lowest BCUT2D eigenvalue weighted by Gasteiger charge is -2.16. The molecular formula is C45H29N5. The van der Waals surface area contributed by atoms with Crippen LogP contribution in [0.4, 0.5) is 0 Å². The second kappa shape index (κ2) is 11.4. The van der Waals surface area contributed by atoms with E-state index in [1.54, 1.807) is 0 Å². The molecule has 50 heavy (non-hydrogen) atoms. The molecular weight excluding hydrogens is 611 g/mol. The van der Waals surface area contributed by atoms with Gasteiger partial charge in [-0.1, -0.05) is 133 Å². The summed E-state index contributed by atoms with van der Waals surface area (Å²) in [6, 6.07) is 61.5. The molecule has 0 fully saturated rings. The van der Waals surface area contributed by atoms with Crippen LogP contribution in [0.25, 0.3) is 89.2 Å². The molecule has 0 unspecified atom stereocenters. The van der Waals surface area contributed by atoms with Crippen molar-refractivity contribution >= 4 is 43.6 Å². The standard InChI is InChI=1S/C45H29N5/c1-3-15-30(16-4-1)43-46-44(31-17-5-2-6-18-31)48-45(47-43)32-27-33(49-39-23-11-7-19-35(39)36-20-8-12-24-40(36)49)29-34(28-32)50-41-25-13-9-21-37(41)38-22-10-14-26-42(38)50/h1-29H. The summed E-state index contributed by atoms with van der Waals surface area (Å²) >= 11 is 0. The third kappa shape index (κ3) is 4.52. The van der Waals surface area contributed by atoms with E-state index in [1.165, 1.54) is 21.5 Å². The van der Waals surface area contributed by atoms with Gasteiger partial charge in [0.1, 0.15) is 0 Å². The van der Waals surface area contributed by atoms with Gasteiger partial charge in [-0.2, -0.15) is 0 Å². The molecule has 0 radical (unpaired) electrons. The first-order valence-corrected chi connectivity index (χ1v) is 16.8. The predicted octanol–water partition coefficient (Wildman–Crippen LogP) is 11.1. The number of hydrogen-bond acceptors (Lipinski definition) is 3. The van der Waals surface area contributed by atoms with E-state index in [0.717, 1.165) is 50.1 Å². The van der Waals surface area contributed by atoms with Gasteiger partial charge in [0.05, 0.1) is 22.1 Å². The summed E-state index contributed by atoms with van der Waals surface area (Å²) in [6.45, 7) is 0. The van der Waals surface area contributed by atoms with Crippen molar-refractivity contribution in [1.82, 2.24) is 24.1 Å². The van der Waals surface area contributed by atoms with Crippen LogP contribution in [0.5, 0.6) is 0 Å². The molecule has 7 aromatic carbocycles. The fourth-order valence-electron chi connectivity index (χ4n) is 7.32. The molecule has 3 aromatic heterocycles. The van der Waals surface area contributed by atoms with Crippen LogP contribution in [0, 0.1) is 0 Å². The summed E-state index contributed by atoms with van der Waals surface area (Å²) in [4.78, 5) is 15.3. The summed E-state index contributed by atoms with van der Waals surface area (Å²) in [5.41, 5.74) is 9.41. The van der Waals surface area contributed by atoms with Gasteiger partial charge in [-0.05, 0) is 42.5 Å². The first-order chi connectivity index (χ1) is 24.8. The van der Waals surface area contributed by atoms with Crippen molar-refractivity contribution in [3.63, 3.8) is 0 Å². The third-order valence-corrected chi connectivity index (χ3v) is 9.54. The minimum atomic E-state index is 0.613. The van der Waals surface area contributed by atoms with Gasteiger partial charge in [-0.3, -0.25) is 0 Å². The SMILES string of the molecule is c1ccc(-c2nc(-c3ccccc3)nc(-c3cc(-n4c5ccccc5c5ccccc54)cc(-n4c5ccccc5c5ccccc54)c3)n2)cc1. The van der Waals surface area contributed by atoms with E-state index >= 15 is 0 Å². The van der Waals surface area contributed by atoms with Crippen molar-refractivity contribution in [2.45, 2.75) is 0 Å². The highest BCUT2D eigenvalue weighted by Crippen LogP contribution is 2.37. The van der Waals surface area contributed by atoms with Crippen LogP contribution < -0.4 is 0 Å². The molecule has 0 aliphatic carbocycles. The Morgan fingerprint density at radius 2 is 0.580 bits per heavy atom. The minimum absolute atomic E-state index is 0.613. The average molecular weight is 640 g/mol. The number of rotatable bonds is 5. The van der Waals surface area contributed by atoms with Gasteiger partial charge >= 0.3 is 0 Å². The van der Waals surface area contributed by atoms with Crippen molar-refractivity contribution in [3.8, 4) is 45.5 Å². The second-order valence-electron chi connectivity index (χ2n) is 12.5. The highest BCUT2D eigenvalue weighted by Gasteiger charge is 2.19. The maximum Gasteiger partial charge on any atom is 0.164 e. The Morgan fingerprint density at radius 3 is 0.940 bits per heavy atom. The average Bonchev–Trinajstić information content (AvgIpc) is 3.71. The topological polar surface area (TPSA) is 48.5 Å². The maximum atomic E-state index is 5.15. The third-order valence-electron chi connectivity index (χ3n) is 9.54. The number of fused-ring (bicyclic) bond motifs is 6. The molecule has 0 saturated carbocycles. The smallest absolute Gasteiger partial charge is 0.164 e. The molecule has 0 atom stereocenters. The van der Waals surface area contributed by atoms with Crippen molar-refractivity contribution < 1.29 is 0 Å². The van der Waals surface area contributed by atoms with E-state index in [9.17, 15) is 0 Å². The lowest BCUT2D eigenvalue weighted by Crippen LogP contribution is -2.03. The largest absolute Gasteiger partial charge is 0.309 e. The fourth-order valence-corrected chi connectivity index (χ4v) is 7.32. The van der Waals surface area contributed by atoms with E-state index in [2.05, 4.69) is 124 Å². The first-order valence-electron chi connectivity index (χ1n) is 16.8. The van der Waals surface area contributed by atoms with Gasteiger partial charge in [-0.15, -0.1) is 0 Å². The Morgan fingerprint density at radius 1 is 0.280 bits per heavy atom. The zero-order valence-corrected chi connectivity index (χ0v) is 27.0. The number of nitrogens with zero attached hydrogens (tertiary/aromatic N) is 5. The van der Waals surface area contributed by atoms with E-state index in [4.69, 9.17) is 15.0 Å². The predicted molar refractivity (Wildman–Crippen MR) is 205 cm³/mol. The Bertz CT molecular complexity index is 2570. The van der Waals surface area contributed by atoms with Gasteiger partial charge in [0, 0.05) is 49.6 Å². The van der Waals surface area contributed by atoms with Gasteiger partial charge in [0.25, 0.3) is 0 Å². The second-order valence-corrected chi connectivity index (χ2v) is 12.5. The number of para-hydroxylation sites is 4. The molecule has 0 aliphatic rings. The Hall–Kier alpha value is -6.85. The molecule has 234 valence electrons. The van der Waals surface area contributed by atoms with E-state index in [0.29, 0.717) is 17.5 Å². The van der Waals surface area contributed by atoms with Crippen molar-refractivity contribution in [2.24, 2.45) is 0 Å². The molecule has 5 heteroatoms. The maximum absolute atomic E-state index is 5.15. The highest BCUT2D eigenvalue weighted by atomic mass is 15.0. The minimum Gasteiger partial charge on any atom is -0.309 e. The van der Waals surface area contributed by atoms with Gasteiger partial charge in [0.2, 0.25) is 0 Å². The monoisotopic (exact) mass is 639 g/mol. The van der Waals surface area contributed by atoms with Crippen molar-refractivity contribution in [1.29, 1.82) is 0 Å². The lowest BCUT2D eigenvalue weighted by atomic mass is 10.1. The summed E-state index contributed by atoms with van der Waals surface area (Å²) in [6.07, 6.45) is 0. The Labute approximate surface area is 288 Å². The summed E-state index contributed by atoms with van der Waals surface area (Å²) in [5, 5.41) is 4.85. The molecule has 5 nitrogen and oxygen atoms in total. The molecule has 0 aliphatic heterocycles. The quantitative estimate of drug-likeness (QED) is 0.188. The van der Waals surface area contributed by atoms with Crippen LogP contribution in [-0.4, -0.2) is 24.1 Å². The molecule has 0 N–H and O–H groups in total. The molecule has 0 spiro atoms. The molecule has 0 amide bonds. The van der Waals surface area contributed by atoms with E-state index < -0.39 is 0 Å². The van der Waals surface area contributed by atoms with E-state index in [1.807, 2.05) is 60.7 Å². The Balaban J connectivity index is 1.31. The lowest BCUT2D eigenvalue weighted by molar-refractivity contribution is 1.07. The molecule has 3 heterocycles. The van der Waals surface area contributed by atoms with Gasteiger partial charge in [0.15, 0.2) is 17.5 Å². The Kier molecular flexibility index (Phi) is 6.42.